The number of nitrogens with one attached hydrogen (secondary N) is 2. The van der Waals surface area contributed by atoms with Gasteiger partial charge in [0, 0.05) is 6.42 Å². The monoisotopic (exact) mass is 270 g/mol. The molecule has 2 rings (SSSR count). The van der Waals surface area contributed by atoms with Crippen LogP contribution in [0.2, 0.25) is 0 Å². The van der Waals surface area contributed by atoms with E-state index in [1.54, 1.807) is 25.7 Å². The van der Waals surface area contributed by atoms with Crippen LogP contribution in [-0.2, 0) is 16.0 Å². The SMILES string of the molecule is NNC(=O)[C@H](Cc1ccccc1)NC(=O)[C]1[CH][CH][CH][CH]1. The third-order valence-electron chi connectivity index (χ3n) is 2.97. The minimum Gasteiger partial charge on any atom is -0.343 e. The molecule has 5 nitrogen and oxygen atoms in total. The topological polar surface area (TPSA) is 84.2 Å². The fraction of sp³-hybridized carbons (Fsp3) is 0.133. The largest absolute Gasteiger partial charge is 0.343 e. The molecule has 1 saturated carbocycles. The van der Waals surface area contributed by atoms with Crippen LogP contribution >= 0.6 is 0 Å². The lowest BCUT2D eigenvalue weighted by Crippen LogP contribution is -2.51. The molecule has 0 heterocycles. The number of carbonyl (C=O) groups excluding carboxylic acids is 2. The highest BCUT2D eigenvalue weighted by atomic mass is 16.2. The van der Waals surface area contributed by atoms with Crippen molar-refractivity contribution in [1.29, 1.82) is 0 Å². The van der Waals surface area contributed by atoms with Gasteiger partial charge in [-0.2, -0.15) is 0 Å². The first-order chi connectivity index (χ1) is 9.70. The Morgan fingerprint density at radius 3 is 2.35 bits per heavy atom. The highest BCUT2D eigenvalue weighted by Gasteiger charge is 2.28. The molecular weight excluding hydrogens is 254 g/mol. The lowest BCUT2D eigenvalue weighted by molar-refractivity contribution is -0.127. The van der Waals surface area contributed by atoms with Gasteiger partial charge in [-0.05, 0) is 31.2 Å². The van der Waals surface area contributed by atoms with E-state index in [0.29, 0.717) is 12.3 Å². The number of benzene rings is 1. The minimum atomic E-state index is -0.704. The van der Waals surface area contributed by atoms with Gasteiger partial charge in [0.2, 0.25) is 5.91 Å². The summed E-state index contributed by atoms with van der Waals surface area (Å²) in [6, 6.07) is 8.74. The van der Waals surface area contributed by atoms with Crippen LogP contribution in [0.3, 0.4) is 0 Å². The number of carbonyl (C=O) groups is 2. The molecule has 103 valence electrons. The van der Waals surface area contributed by atoms with Gasteiger partial charge in [-0.15, -0.1) is 0 Å². The summed E-state index contributed by atoms with van der Waals surface area (Å²) in [7, 11) is 0. The van der Waals surface area contributed by atoms with Gasteiger partial charge in [0.05, 0.1) is 5.92 Å². The second kappa shape index (κ2) is 7.05. The molecule has 0 bridgehead atoms. The molecule has 0 aromatic heterocycles. The van der Waals surface area contributed by atoms with Crippen LogP contribution in [0.5, 0.6) is 0 Å². The van der Waals surface area contributed by atoms with Crippen molar-refractivity contribution in [2.24, 2.45) is 5.84 Å². The molecule has 5 radical (unpaired) electrons. The van der Waals surface area contributed by atoms with Gasteiger partial charge in [0.1, 0.15) is 6.04 Å². The maximum Gasteiger partial charge on any atom is 0.256 e. The predicted molar refractivity (Wildman–Crippen MR) is 74.8 cm³/mol. The molecule has 1 aromatic rings. The molecule has 20 heavy (non-hydrogen) atoms. The molecule has 1 atom stereocenters. The van der Waals surface area contributed by atoms with Gasteiger partial charge in [0.15, 0.2) is 0 Å². The smallest absolute Gasteiger partial charge is 0.256 e. The lowest BCUT2D eigenvalue weighted by atomic mass is 10.0. The van der Waals surface area contributed by atoms with Gasteiger partial charge in [-0.25, -0.2) is 5.84 Å². The zero-order chi connectivity index (χ0) is 14.4. The van der Waals surface area contributed by atoms with Crippen LogP contribution in [0.15, 0.2) is 30.3 Å². The molecule has 1 aromatic carbocycles. The van der Waals surface area contributed by atoms with Gasteiger partial charge >= 0.3 is 0 Å². The van der Waals surface area contributed by atoms with E-state index in [-0.39, 0.29) is 5.91 Å². The molecule has 1 aliphatic carbocycles. The molecule has 0 saturated heterocycles. The maximum atomic E-state index is 12.0. The van der Waals surface area contributed by atoms with Crippen molar-refractivity contribution >= 4 is 11.8 Å². The number of rotatable bonds is 5. The number of nitrogens with two attached hydrogens (primary N) is 1. The van der Waals surface area contributed by atoms with Crippen molar-refractivity contribution < 1.29 is 9.59 Å². The maximum absolute atomic E-state index is 12.0. The Labute approximate surface area is 118 Å². The first kappa shape index (κ1) is 14.5. The van der Waals surface area contributed by atoms with Crippen molar-refractivity contribution in [3.05, 3.63) is 67.5 Å². The number of hydrazine groups is 1. The number of hydrogen-bond acceptors (Lipinski definition) is 3. The summed E-state index contributed by atoms with van der Waals surface area (Å²) in [4.78, 5) is 23.8. The summed E-state index contributed by atoms with van der Waals surface area (Å²) in [6.45, 7) is 0. The summed E-state index contributed by atoms with van der Waals surface area (Å²) in [5, 5.41) is 2.69. The van der Waals surface area contributed by atoms with Crippen LogP contribution in [-0.4, -0.2) is 17.9 Å². The molecule has 0 aliphatic heterocycles. The molecule has 1 fully saturated rings. The summed E-state index contributed by atoms with van der Waals surface area (Å²) < 4.78 is 0. The summed E-state index contributed by atoms with van der Waals surface area (Å²) >= 11 is 0. The average Bonchev–Trinajstić information content (AvgIpc) is 3.01. The van der Waals surface area contributed by atoms with E-state index in [2.05, 4.69) is 10.7 Å². The van der Waals surface area contributed by atoms with E-state index in [4.69, 9.17) is 5.84 Å². The highest BCUT2D eigenvalue weighted by Crippen LogP contribution is 2.23. The van der Waals surface area contributed by atoms with Crippen LogP contribution < -0.4 is 16.6 Å². The quantitative estimate of drug-likeness (QED) is 0.403. The molecule has 1 aliphatic rings. The number of hydrogen-bond donors (Lipinski definition) is 3. The van der Waals surface area contributed by atoms with Crippen molar-refractivity contribution in [2.75, 3.05) is 0 Å². The highest BCUT2D eigenvalue weighted by molar-refractivity contribution is 5.98. The van der Waals surface area contributed by atoms with Crippen LogP contribution in [0.1, 0.15) is 5.56 Å². The van der Waals surface area contributed by atoms with Gasteiger partial charge in [-0.1, -0.05) is 30.3 Å². The normalized spacial score (nSPS) is 16.6. The Morgan fingerprint density at radius 1 is 1.10 bits per heavy atom. The fourth-order valence-corrected chi connectivity index (χ4v) is 1.93. The molecular formula is C15H16N3O2. The Bertz CT molecular complexity index is 455. The summed E-state index contributed by atoms with van der Waals surface area (Å²) in [5.41, 5.74) is 3.03. The zero-order valence-electron chi connectivity index (χ0n) is 10.9. The van der Waals surface area contributed by atoms with E-state index in [0.717, 1.165) is 5.56 Å². The average molecular weight is 270 g/mol. The second-order valence-corrected chi connectivity index (χ2v) is 4.40. The molecule has 0 unspecified atom stereocenters. The standard InChI is InChI=1S/C15H16N3O2/c16-18-15(20)13(10-11-6-2-1-3-7-11)17-14(19)12-8-4-5-9-12/h1-9,13H,10,16H2,(H,17,19)(H,18,20)/t13-/m0/s1. The summed E-state index contributed by atoms with van der Waals surface area (Å²) in [5.74, 6) is 4.98. The van der Waals surface area contributed by atoms with Crippen LogP contribution in [0.25, 0.3) is 0 Å². The molecule has 4 N–H and O–H groups in total. The third kappa shape index (κ3) is 3.81. The van der Waals surface area contributed by atoms with E-state index in [9.17, 15) is 9.59 Å². The van der Waals surface area contributed by atoms with Crippen molar-refractivity contribution in [1.82, 2.24) is 10.7 Å². The van der Waals surface area contributed by atoms with E-state index in [1.807, 2.05) is 30.3 Å². The van der Waals surface area contributed by atoms with Crippen LogP contribution in [0.4, 0.5) is 0 Å². The zero-order valence-corrected chi connectivity index (χ0v) is 10.9. The number of amides is 2. The van der Waals surface area contributed by atoms with Crippen molar-refractivity contribution in [3.8, 4) is 0 Å². The minimum absolute atomic E-state index is 0.292. The van der Waals surface area contributed by atoms with Gasteiger partial charge in [-0.3, -0.25) is 15.0 Å². The Kier molecular flexibility index (Phi) is 5.12. The summed E-state index contributed by atoms with van der Waals surface area (Å²) in [6.07, 6.45) is 7.30. The van der Waals surface area contributed by atoms with Crippen LogP contribution in [0, 0.1) is 31.6 Å². The lowest BCUT2D eigenvalue weighted by Gasteiger charge is -2.19. The van der Waals surface area contributed by atoms with E-state index < -0.39 is 11.9 Å². The van der Waals surface area contributed by atoms with Gasteiger partial charge < -0.3 is 5.32 Å². The van der Waals surface area contributed by atoms with Crippen molar-refractivity contribution in [2.45, 2.75) is 12.5 Å². The Balaban J connectivity index is 2.00. The molecule has 2 amide bonds. The van der Waals surface area contributed by atoms with Gasteiger partial charge in [0.25, 0.3) is 5.91 Å². The third-order valence-corrected chi connectivity index (χ3v) is 2.97. The molecule has 0 spiro atoms. The Morgan fingerprint density at radius 2 is 1.75 bits per heavy atom. The second-order valence-electron chi connectivity index (χ2n) is 4.40. The van der Waals surface area contributed by atoms with E-state index in [1.165, 1.54) is 0 Å². The van der Waals surface area contributed by atoms with E-state index >= 15 is 0 Å². The van der Waals surface area contributed by atoms with Crippen molar-refractivity contribution in [3.63, 3.8) is 0 Å². The first-order valence-corrected chi connectivity index (χ1v) is 6.27. The fourth-order valence-electron chi connectivity index (χ4n) is 1.93. The molecule has 5 heteroatoms. The predicted octanol–water partition coefficient (Wildman–Crippen LogP) is 0.109. The first-order valence-electron chi connectivity index (χ1n) is 6.27. The Hall–Kier alpha value is -1.88.